The van der Waals surface area contributed by atoms with Gasteiger partial charge in [-0.05, 0) is 49.4 Å². The lowest BCUT2D eigenvalue weighted by Crippen LogP contribution is -2.29. The molecule has 0 unspecified atom stereocenters. The maximum atomic E-state index is 3.45. The van der Waals surface area contributed by atoms with Crippen molar-refractivity contribution in [3.05, 3.63) is 36.0 Å². The van der Waals surface area contributed by atoms with Gasteiger partial charge in [0.15, 0.2) is 0 Å². The summed E-state index contributed by atoms with van der Waals surface area (Å²) >= 11 is 0. The van der Waals surface area contributed by atoms with Gasteiger partial charge in [-0.2, -0.15) is 0 Å². The number of rotatable bonds is 3. The fraction of sp³-hybridized carbons (Fsp3) is 0.429. The van der Waals surface area contributed by atoms with Gasteiger partial charge < -0.3 is 9.88 Å². The Morgan fingerprint density at radius 2 is 2.12 bits per heavy atom. The molecule has 1 aliphatic rings. The van der Waals surface area contributed by atoms with E-state index in [0.717, 1.165) is 6.42 Å². The SMILES string of the molecule is CNC1(Cc2ccc3ccn(C)c3c2)CC1. The van der Waals surface area contributed by atoms with Crippen LogP contribution >= 0.6 is 0 Å². The van der Waals surface area contributed by atoms with Gasteiger partial charge in [-0.25, -0.2) is 0 Å². The number of aryl methyl sites for hydroxylation is 1. The molecule has 1 fully saturated rings. The first-order valence-corrected chi connectivity index (χ1v) is 5.95. The lowest BCUT2D eigenvalue weighted by molar-refractivity contribution is 0.549. The van der Waals surface area contributed by atoms with Gasteiger partial charge in [-0.3, -0.25) is 0 Å². The van der Waals surface area contributed by atoms with Crippen molar-refractivity contribution in [2.75, 3.05) is 7.05 Å². The molecule has 0 amide bonds. The first-order chi connectivity index (χ1) is 7.72. The number of nitrogens with zero attached hydrogens (tertiary/aromatic N) is 1. The summed E-state index contributed by atoms with van der Waals surface area (Å²) in [7, 11) is 4.19. The fourth-order valence-corrected chi connectivity index (χ4v) is 2.47. The number of hydrogen-bond donors (Lipinski definition) is 1. The predicted octanol–water partition coefficient (Wildman–Crippen LogP) is 2.47. The van der Waals surface area contributed by atoms with E-state index < -0.39 is 0 Å². The highest BCUT2D eigenvalue weighted by atomic mass is 15.0. The Morgan fingerprint density at radius 1 is 1.31 bits per heavy atom. The van der Waals surface area contributed by atoms with Crippen molar-refractivity contribution in [1.29, 1.82) is 0 Å². The van der Waals surface area contributed by atoms with Crippen LogP contribution in [0.2, 0.25) is 0 Å². The number of benzene rings is 1. The highest BCUT2D eigenvalue weighted by Gasteiger charge is 2.40. The van der Waals surface area contributed by atoms with Crippen molar-refractivity contribution >= 4 is 10.9 Å². The summed E-state index contributed by atoms with van der Waals surface area (Å²) in [6, 6.07) is 8.99. The second kappa shape index (κ2) is 3.36. The molecule has 0 bridgehead atoms. The van der Waals surface area contributed by atoms with Crippen LogP contribution in [0.15, 0.2) is 30.5 Å². The summed E-state index contributed by atoms with van der Waals surface area (Å²) in [5, 5.41) is 4.78. The molecule has 0 spiro atoms. The van der Waals surface area contributed by atoms with Crippen LogP contribution in [-0.2, 0) is 13.5 Å². The predicted molar refractivity (Wildman–Crippen MR) is 67.6 cm³/mol. The van der Waals surface area contributed by atoms with Gasteiger partial charge in [0.05, 0.1) is 0 Å². The Bertz CT molecular complexity index is 521. The average Bonchev–Trinajstić information content (AvgIpc) is 2.98. The summed E-state index contributed by atoms with van der Waals surface area (Å²) in [6.07, 6.45) is 5.91. The summed E-state index contributed by atoms with van der Waals surface area (Å²) in [4.78, 5) is 0. The molecule has 0 atom stereocenters. The second-order valence-corrected chi connectivity index (χ2v) is 5.03. The van der Waals surface area contributed by atoms with E-state index in [-0.39, 0.29) is 0 Å². The van der Waals surface area contributed by atoms with Gasteiger partial charge in [0.1, 0.15) is 0 Å². The fourth-order valence-electron chi connectivity index (χ4n) is 2.47. The van der Waals surface area contributed by atoms with Crippen molar-refractivity contribution < 1.29 is 0 Å². The zero-order chi connectivity index (χ0) is 11.2. The van der Waals surface area contributed by atoms with E-state index in [2.05, 4.69) is 54.4 Å². The van der Waals surface area contributed by atoms with Gasteiger partial charge in [-0.15, -0.1) is 0 Å². The van der Waals surface area contributed by atoms with E-state index in [9.17, 15) is 0 Å². The van der Waals surface area contributed by atoms with Crippen LogP contribution in [0.25, 0.3) is 10.9 Å². The average molecular weight is 214 g/mol. The maximum absolute atomic E-state index is 3.45. The Balaban J connectivity index is 1.95. The first kappa shape index (κ1) is 9.91. The Labute approximate surface area is 96.3 Å². The molecule has 16 heavy (non-hydrogen) atoms. The summed E-state index contributed by atoms with van der Waals surface area (Å²) in [6.45, 7) is 0. The van der Waals surface area contributed by atoms with Crippen LogP contribution in [0, 0.1) is 0 Å². The number of likely N-dealkylation sites (N-methyl/N-ethyl adjacent to an activating group) is 1. The number of nitrogens with one attached hydrogen (secondary N) is 1. The highest BCUT2D eigenvalue weighted by molar-refractivity contribution is 5.80. The van der Waals surface area contributed by atoms with E-state index in [0.29, 0.717) is 5.54 Å². The van der Waals surface area contributed by atoms with E-state index in [4.69, 9.17) is 0 Å². The molecule has 1 aromatic heterocycles. The van der Waals surface area contributed by atoms with Crippen LogP contribution in [0.4, 0.5) is 0 Å². The summed E-state index contributed by atoms with van der Waals surface area (Å²) in [5.74, 6) is 0. The molecule has 1 saturated carbocycles. The standard InChI is InChI=1S/C14H18N2/c1-15-14(6-7-14)10-11-3-4-12-5-8-16(2)13(12)9-11/h3-5,8-9,15H,6-7,10H2,1-2H3. The molecule has 2 heteroatoms. The van der Waals surface area contributed by atoms with Gasteiger partial charge in [0.25, 0.3) is 0 Å². The Kier molecular flexibility index (Phi) is 2.08. The number of fused-ring (bicyclic) bond motifs is 1. The Hall–Kier alpha value is -1.28. The topological polar surface area (TPSA) is 17.0 Å². The summed E-state index contributed by atoms with van der Waals surface area (Å²) in [5.41, 5.74) is 3.18. The molecule has 0 aliphatic heterocycles. The molecule has 1 aromatic carbocycles. The quantitative estimate of drug-likeness (QED) is 0.830. The molecule has 2 aromatic rings. The highest BCUT2D eigenvalue weighted by Crippen LogP contribution is 2.38. The van der Waals surface area contributed by atoms with Crippen molar-refractivity contribution in [2.24, 2.45) is 7.05 Å². The third kappa shape index (κ3) is 1.54. The monoisotopic (exact) mass is 214 g/mol. The minimum atomic E-state index is 0.402. The number of aromatic nitrogens is 1. The molecular formula is C14H18N2. The van der Waals surface area contributed by atoms with E-state index in [1.54, 1.807) is 0 Å². The lowest BCUT2D eigenvalue weighted by Gasteiger charge is -2.14. The van der Waals surface area contributed by atoms with Crippen LogP contribution < -0.4 is 5.32 Å². The third-order valence-corrected chi connectivity index (χ3v) is 3.88. The zero-order valence-electron chi connectivity index (χ0n) is 9.96. The van der Waals surface area contributed by atoms with Crippen molar-refractivity contribution in [2.45, 2.75) is 24.8 Å². The van der Waals surface area contributed by atoms with E-state index in [1.165, 1.54) is 29.3 Å². The molecular weight excluding hydrogens is 196 g/mol. The molecule has 84 valence electrons. The maximum Gasteiger partial charge on any atom is 0.0480 e. The Morgan fingerprint density at radius 3 is 2.81 bits per heavy atom. The van der Waals surface area contributed by atoms with E-state index >= 15 is 0 Å². The van der Waals surface area contributed by atoms with Crippen molar-refractivity contribution in [1.82, 2.24) is 9.88 Å². The van der Waals surface area contributed by atoms with Crippen LogP contribution in [0.5, 0.6) is 0 Å². The smallest absolute Gasteiger partial charge is 0.0480 e. The van der Waals surface area contributed by atoms with Gasteiger partial charge in [0.2, 0.25) is 0 Å². The van der Waals surface area contributed by atoms with Crippen LogP contribution in [0.3, 0.4) is 0 Å². The second-order valence-electron chi connectivity index (χ2n) is 5.03. The van der Waals surface area contributed by atoms with Gasteiger partial charge >= 0.3 is 0 Å². The minimum absolute atomic E-state index is 0.402. The van der Waals surface area contributed by atoms with Crippen LogP contribution in [0.1, 0.15) is 18.4 Å². The van der Waals surface area contributed by atoms with Gasteiger partial charge in [-0.1, -0.05) is 12.1 Å². The molecule has 1 N–H and O–H groups in total. The van der Waals surface area contributed by atoms with Crippen LogP contribution in [-0.4, -0.2) is 17.2 Å². The third-order valence-electron chi connectivity index (χ3n) is 3.88. The zero-order valence-corrected chi connectivity index (χ0v) is 9.96. The molecule has 0 saturated heterocycles. The van der Waals surface area contributed by atoms with Crippen molar-refractivity contribution in [3.63, 3.8) is 0 Å². The molecule has 1 heterocycles. The minimum Gasteiger partial charge on any atom is -0.351 e. The normalized spacial score (nSPS) is 17.9. The summed E-state index contributed by atoms with van der Waals surface area (Å²) < 4.78 is 2.19. The molecule has 2 nitrogen and oxygen atoms in total. The largest absolute Gasteiger partial charge is 0.351 e. The molecule has 0 radical (unpaired) electrons. The van der Waals surface area contributed by atoms with Gasteiger partial charge in [0, 0.05) is 24.3 Å². The first-order valence-electron chi connectivity index (χ1n) is 5.95. The van der Waals surface area contributed by atoms with E-state index in [1.807, 2.05) is 0 Å². The molecule has 1 aliphatic carbocycles. The van der Waals surface area contributed by atoms with Crippen molar-refractivity contribution in [3.8, 4) is 0 Å². The molecule has 3 rings (SSSR count). The number of hydrogen-bond acceptors (Lipinski definition) is 1. The lowest BCUT2D eigenvalue weighted by atomic mass is 10.0.